The van der Waals surface area contributed by atoms with Crippen molar-refractivity contribution in [2.24, 2.45) is 0 Å². The van der Waals surface area contributed by atoms with Crippen LogP contribution in [-0.2, 0) is 6.54 Å². The van der Waals surface area contributed by atoms with Crippen molar-refractivity contribution in [3.63, 3.8) is 0 Å². The summed E-state index contributed by atoms with van der Waals surface area (Å²) < 4.78 is 1.87. The normalized spacial score (nSPS) is 9.55. The molecular weight excluding hydrogens is 136 g/mol. The Morgan fingerprint density at radius 1 is 1.55 bits per heavy atom. The molecule has 0 spiro atoms. The number of aromatic nitrogens is 2. The smallest absolute Gasteiger partial charge is 0.0917 e. The van der Waals surface area contributed by atoms with Crippen LogP contribution in [0.3, 0.4) is 0 Å². The van der Waals surface area contributed by atoms with E-state index < -0.39 is 0 Å². The molecule has 0 aliphatic heterocycles. The Hall–Kier alpha value is -1.31. The molecule has 0 atom stereocenters. The third-order valence-corrected chi connectivity index (χ3v) is 1.56. The van der Waals surface area contributed by atoms with Crippen LogP contribution >= 0.6 is 0 Å². The van der Waals surface area contributed by atoms with Crippen LogP contribution in [0.5, 0.6) is 0 Å². The molecule has 1 rings (SSSR count). The molecule has 0 aromatic carbocycles. The molecule has 0 saturated heterocycles. The molecule has 58 valence electrons. The zero-order valence-electron chi connectivity index (χ0n) is 6.75. The first-order valence-corrected chi connectivity index (χ1v) is 3.64. The zero-order chi connectivity index (χ0) is 8.27. The Morgan fingerprint density at radius 3 is 2.64 bits per heavy atom. The van der Waals surface area contributed by atoms with E-state index >= 15 is 0 Å². The van der Waals surface area contributed by atoms with Crippen molar-refractivity contribution in [3.8, 4) is 0 Å². The van der Waals surface area contributed by atoms with Crippen molar-refractivity contribution >= 4 is 12.2 Å². The van der Waals surface area contributed by atoms with Gasteiger partial charge in [0.1, 0.15) is 0 Å². The van der Waals surface area contributed by atoms with Crippen LogP contribution in [0.25, 0.3) is 12.2 Å². The summed E-state index contributed by atoms with van der Waals surface area (Å²) in [4.78, 5) is 0. The van der Waals surface area contributed by atoms with Gasteiger partial charge in [-0.15, -0.1) is 0 Å². The lowest BCUT2D eigenvalue weighted by Crippen LogP contribution is -1.93. The van der Waals surface area contributed by atoms with E-state index in [-0.39, 0.29) is 0 Å². The van der Waals surface area contributed by atoms with Gasteiger partial charge in [0.2, 0.25) is 0 Å². The molecule has 0 amide bonds. The molecule has 2 heteroatoms. The minimum Gasteiger partial charge on any atom is -0.272 e. The van der Waals surface area contributed by atoms with Crippen molar-refractivity contribution in [3.05, 3.63) is 30.6 Å². The second-order valence-corrected chi connectivity index (χ2v) is 2.23. The molecule has 0 radical (unpaired) electrons. The highest BCUT2D eigenvalue weighted by Crippen LogP contribution is 2.08. The van der Waals surface area contributed by atoms with Gasteiger partial charge in [0.05, 0.1) is 5.69 Å². The fraction of sp³-hybridized carbons (Fsp3) is 0.222. The van der Waals surface area contributed by atoms with Crippen molar-refractivity contribution in [2.75, 3.05) is 0 Å². The summed E-state index contributed by atoms with van der Waals surface area (Å²) in [5.74, 6) is 0. The van der Waals surface area contributed by atoms with Crippen LogP contribution < -0.4 is 0 Å². The highest BCUT2D eigenvalue weighted by atomic mass is 15.3. The molecule has 0 aliphatic carbocycles. The summed E-state index contributed by atoms with van der Waals surface area (Å²) >= 11 is 0. The lowest BCUT2D eigenvalue weighted by atomic mass is 10.2. The minimum atomic E-state index is 0.884. The standard InChI is InChI=1S/C9H12N2/c1-4-8-7-11(6-3)10-9(8)5-2/h4-5,7H,1-2,6H2,3H3. The average Bonchev–Trinajstić information content (AvgIpc) is 2.46. The quantitative estimate of drug-likeness (QED) is 0.642. The summed E-state index contributed by atoms with van der Waals surface area (Å²) in [5.41, 5.74) is 1.95. The van der Waals surface area contributed by atoms with Crippen LogP contribution in [0.15, 0.2) is 19.4 Å². The van der Waals surface area contributed by atoms with Gasteiger partial charge in [-0.05, 0) is 13.0 Å². The van der Waals surface area contributed by atoms with Crippen LogP contribution in [-0.4, -0.2) is 9.78 Å². The molecular formula is C9H12N2. The molecule has 1 aromatic rings. The maximum absolute atomic E-state index is 4.25. The van der Waals surface area contributed by atoms with E-state index in [0.717, 1.165) is 17.8 Å². The Morgan fingerprint density at radius 2 is 2.27 bits per heavy atom. The second-order valence-electron chi connectivity index (χ2n) is 2.23. The van der Waals surface area contributed by atoms with E-state index in [1.54, 1.807) is 12.2 Å². The lowest BCUT2D eigenvalue weighted by molar-refractivity contribution is 0.658. The predicted octanol–water partition coefficient (Wildman–Crippen LogP) is 2.19. The Bertz CT molecular complexity index is 246. The van der Waals surface area contributed by atoms with Crippen molar-refractivity contribution in [1.29, 1.82) is 0 Å². The number of hydrogen-bond donors (Lipinski definition) is 0. The second kappa shape index (κ2) is 3.19. The van der Waals surface area contributed by atoms with E-state index in [1.807, 2.05) is 17.8 Å². The maximum atomic E-state index is 4.25. The third-order valence-electron chi connectivity index (χ3n) is 1.56. The summed E-state index contributed by atoms with van der Waals surface area (Å²) in [6.07, 6.45) is 5.49. The number of hydrogen-bond acceptors (Lipinski definition) is 1. The lowest BCUT2D eigenvalue weighted by Gasteiger charge is -1.89. The largest absolute Gasteiger partial charge is 0.272 e. The highest BCUT2D eigenvalue weighted by Gasteiger charge is 1.99. The molecule has 0 saturated carbocycles. The molecule has 0 unspecified atom stereocenters. The number of aryl methyl sites for hydroxylation is 1. The summed E-state index contributed by atoms with van der Waals surface area (Å²) in [7, 11) is 0. The highest BCUT2D eigenvalue weighted by molar-refractivity contribution is 5.59. The first-order chi connectivity index (χ1) is 5.31. The van der Waals surface area contributed by atoms with Gasteiger partial charge < -0.3 is 0 Å². The minimum absolute atomic E-state index is 0.884. The van der Waals surface area contributed by atoms with Crippen LogP contribution in [0.4, 0.5) is 0 Å². The van der Waals surface area contributed by atoms with Crippen molar-refractivity contribution < 1.29 is 0 Å². The molecule has 11 heavy (non-hydrogen) atoms. The van der Waals surface area contributed by atoms with Gasteiger partial charge in [0.15, 0.2) is 0 Å². The fourth-order valence-electron chi connectivity index (χ4n) is 0.930. The van der Waals surface area contributed by atoms with Gasteiger partial charge in [-0.2, -0.15) is 5.10 Å². The van der Waals surface area contributed by atoms with Gasteiger partial charge >= 0.3 is 0 Å². The first-order valence-electron chi connectivity index (χ1n) is 3.64. The molecule has 1 heterocycles. The molecule has 0 aliphatic rings. The van der Waals surface area contributed by atoms with E-state index in [1.165, 1.54) is 0 Å². The Kier molecular flexibility index (Phi) is 2.26. The van der Waals surface area contributed by atoms with Gasteiger partial charge in [0, 0.05) is 18.3 Å². The van der Waals surface area contributed by atoms with E-state index in [9.17, 15) is 0 Å². The van der Waals surface area contributed by atoms with E-state index in [4.69, 9.17) is 0 Å². The van der Waals surface area contributed by atoms with Gasteiger partial charge in [-0.3, -0.25) is 4.68 Å². The Balaban J connectivity index is 3.11. The average molecular weight is 148 g/mol. The monoisotopic (exact) mass is 148 g/mol. The molecule has 0 N–H and O–H groups in total. The number of rotatable bonds is 3. The fourth-order valence-corrected chi connectivity index (χ4v) is 0.930. The number of nitrogens with zero attached hydrogens (tertiary/aromatic N) is 2. The molecule has 2 nitrogen and oxygen atoms in total. The summed E-state index contributed by atoms with van der Waals surface area (Å²) in [6, 6.07) is 0. The van der Waals surface area contributed by atoms with Crippen LogP contribution in [0, 0.1) is 0 Å². The van der Waals surface area contributed by atoms with Gasteiger partial charge in [-0.1, -0.05) is 19.2 Å². The summed E-state index contributed by atoms with van der Waals surface area (Å²) in [5, 5.41) is 4.25. The van der Waals surface area contributed by atoms with Crippen LogP contribution in [0.1, 0.15) is 18.2 Å². The van der Waals surface area contributed by atoms with Crippen LogP contribution in [0.2, 0.25) is 0 Å². The van der Waals surface area contributed by atoms with Crippen molar-refractivity contribution in [1.82, 2.24) is 9.78 Å². The van der Waals surface area contributed by atoms with E-state index in [0.29, 0.717) is 0 Å². The predicted molar refractivity (Wildman–Crippen MR) is 48.1 cm³/mol. The zero-order valence-corrected chi connectivity index (χ0v) is 6.75. The van der Waals surface area contributed by atoms with Gasteiger partial charge in [0.25, 0.3) is 0 Å². The Labute approximate surface area is 66.8 Å². The molecule has 0 bridgehead atoms. The molecule has 0 fully saturated rings. The maximum Gasteiger partial charge on any atom is 0.0917 e. The first kappa shape index (κ1) is 7.79. The molecule has 1 aromatic heterocycles. The van der Waals surface area contributed by atoms with E-state index in [2.05, 4.69) is 18.3 Å². The van der Waals surface area contributed by atoms with Crippen molar-refractivity contribution in [2.45, 2.75) is 13.5 Å². The topological polar surface area (TPSA) is 17.8 Å². The third kappa shape index (κ3) is 1.40. The SMILES string of the molecule is C=Cc1cn(CC)nc1C=C. The van der Waals surface area contributed by atoms with Gasteiger partial charge in [-0.25, -0.2) is 0 Å². The summed E-state index contributed by atoms with van der Waals surface area (Å²) in [6.45, 7) is 10.3.